The summed E-state index contributed by atoms with van der Waals surface area (Å²) in [4.78, 5) is 13.7. The fourth-order valence-corrected chi connectivity index (χ4v) is 2.12. The van der Waals surface area contributed by atoms with Gasteiger partial charge in [-0.3, -0.25) is 4.79 Å². The summed E-state index contributed by atoms with van der Waals surface area (Å²) in [5, 5.41) is 0. The summed E-state index contributed by atoms with van der Waals surface area (Å²) in [6.07, 6.45) is 2.90. The molecule has 15 heavy (non-hydrogen) atoms. The van der Waals surface area contributed by atoms with Crippen LogP contribution in [0.5, 0.6) is 0 Å². The van der Waals surface area contributed by atoms with E-state index < -0.39 is 0 Å². The van der Waals surface area contributed by atoms with E-state index in [4.69, 9.17) is 0 Å². The summed E-state index contributed by atoms with van der Waals surface area (Å²) in [6, 6.07) is 10.6. The van der Waals surface area contributed by atoms with E-state index in [9.17, 15) is 4.79 Å². The highest BCUT2D eigenvalue weighted by molar-refractivity contribution is 5.77. The zero-order valence-electron chi connectivity index (χ0n) is 9.15. The zero-order valence-corrected chi connectivity index (χ0v) is 9.15. The number of carbonyl (C=O) groups excluding carboxylic acids is 1. The third-order valence-electron chi connectivity index (χ3n) is 3.06. The van der Waals surface area contributed by atoms with Gasteiger partial charge in [0.2, 0.25) is 5.91 Å². The van der Waals surface area contributed by atoms with Crippen LogP contribution in [0.3, 0.4) is 0 Å². The van der Waals surface area contributed by atoms with Gasteiger partial charge in [0.05, 0.1) is 0 Å². The smallest absolute Gasteiger partial charge is 0.223 e. The SMILES string of the molecule is CC1CCCC(=O)N1Cc1ccccc1. The van der Waals surface area contributed by atoms with Crippen LogP contribution in [0.1, 0.15) is 31.7 Å². The molecule has 2 heteroatoms. The second-order valence-electron chi connectivity index (χ2n) is 4.25. The topological polar surface area (TPSA) is 20.3 Å². The predicted molar refractivity (Wildman–Crippen MR) is 60.3 cm³/mol. The number of benzene rings is 1. The van der Waals surface area contributed by atoms with E-state index in [-0.39, 0.29) is 0 Å². The molecule has 1 saturated heterocycles. The van der Waals surface area contributed by atoms with Crippen LogP contribution >= 0.6 is 0 Å². The molecule has 1 fully saturated rings. The Morgan fingerprint density at radius 1 is 1.33 bits per heavy atom. The molecule has 0 radical (unpaired) electrons. The number of piperidine rings is 1. The Morgan fingerprint density at radius 3 is 2.73 bits per heavy atom. The van der Waals surface area contributed by atoms with Gasteiger partial charge in [-0.1, -0.05) is 30.3 Å². The van der Waals surface area contributed by atoms with Crippen LogP contribution in [-0.4, -0.2) is 16.8 Å². The molecule has 2 rings (SSSR count). The van der Waals surface area contributed by atoms with Crippen LogP contribution in [0.2, 0.25) is 0 Å². The van der Waals surface area contributed by atoms with Crippen molar-refractivity contribution in [2.24, 2.45) is 0 Å². The molecule has 0 bridgehead atoms. The Bertz CT molecular complexity index is 334. The van der Waals surface area contributed by atoms with Gasteiger partial charge < -0.3 is 4.90 Å². The highest BCUT2D eigenvalue weighted by atomic mass is 16.2. The van der Waals surface area contributed by atoms with Crippen LogP contribution in [0.4, 0.5) is 0 Å². The summed E-state index contributed by atoms with van der Waals surface area (Å²) in [6.45, 7) is 2.90. The maximum atomic E-state index is 11.7. The minimum atomic E-state index is 0.303. The van der Waals surface area contributed by atoms with E-state index in [2.05, 4.69) is 19.1 Å². The minimum Gasteiger partial charge on any atom is -0.336 e. The van der Waals surface area contributed by atoms with E-state index in [1.807, 2.05) is 23.1 Å². The van der Waals surface area contributed by atoms with Gasteiger partial charge >= 0.3 is 0 Å². The Morgan fingerprint density at radius 2 is 2.07 bits per heavy atom. The number of hydrogen-bond acceptors (Lipinski definition) is 1. The number of nitrogens with zero attached hydrogens (tertiary/aromatic N) is 1. The highest BCUT2D eigenvalue weighted by Gasteiger charge is 2.24. The first-order valence-corrected chi connectivity index (χ1v) is 5.61. The Hall–Kier alpha value is -1.31. The summed E-state index contributed by atoms with van der Waals surface area (Å²) in [7, 11) is 0. The predicted octanol–water partition coefficient (Wildman–Crippen LogP) is 2.59. The molecular weight excluding hydrogens is 186 g/mol. The van der Waals surface area contributed by atoms with Gasteiger partial charge in [-0.15, -0.1) is 0 Å². The molecule has 1 amide bonds. The van der Waals surface area contributed by atoms with Gasteiger partial charge in [-0.05, 0) is 25.3 Å². The first-order valence-electron chi connectivity index (χ1n) is 5.61. The summed E-state index contributed by atoms with van der Waals surface area (Å²) >= 11 is 0. The van der Waals surface area contributed by atoms with Crippen LogP contribution in [-0.2, 0) is 11.3 Å². The van der Waals surface area contributed by atoms with Crippen molar-refractivity contribution in [1.82, 2.24) is 4.90 Å². The number of likely N-dealkylation sites (tertiary alicyclic amines) is 1. The Kier molecular flexibility index (Phi) is 3.05. The van der Waals surface area contributed by atoms with Crippen molar-refractivity contribution in [3.8, 4) is 0 Å². The average molecular weight is 203 g/mol. The lowest BCUT2D eigenvalue weighted by molar-refractivity contribution is -0.136. The van der Waals surface area contributed by atoms with E-state index in [0.29, 0.717) is 11.9 Å². The van der Waals surface area contributed by atoms with E-state index in [0.717, 1.165) is 25.8 Å². The summed E-state index contributed by atoms with van der Waals surface area (Å²) in [5.74, 6) is 0.303. The van der Waals surface area contributed by atoms with Crippen molar-refractivity contribution in [2.45, 2.75) is 38.8 Å². The molecule has 1 aliphatic rings. The number of rotatable bonds is 2. The van der Waals surface area contributed by atoms with E-state index in [1.165, 1.54) is 5.56 Å². The van der Waals surface area contributed by atoms with Gasteiger partial charge in [-0.25, -0.2) is 0 Å². The normalized spacial score (nSPS) is 21.8. The average Bonchev–Trinajstić information content (AvgIpc) is 2.25. The molecule has 0 spiro atoms. The minimum absolute atomic E-state index is 0.303. The van der Waals surface area contributed by atoms with Crippen LogP contribution in [0, 0.1) is 0 Å². The molecule has 0 saturated carbocycles. The molecule has 0 aliphatic carbocycles. The lowest BCUT2D eigenvalue weighted by atomic mass is 10.0. The van der Waals surface area contributed by atoms with Gasteiger partial charge in [-0.2, -0.15) is 0 Å². The van der Waals surface area contributed by atoms with Gasteiger partial charge in [0.15, 0.2) is 0 Å². The molecule has 1 aromatic rings. The molecule has 1 atom stereocenters. The second kappa shape index (κ2) is 4.47. The van der Waals surface area contributed by atoms with Crippen LogP contribution < -0.4 is 0 Å². The molecule has 0 N–H and O–H groups in total. The fraction of sp³-hybridized carbons (Fsp3) is 0.462. The van der Waals surface area contributed by atoms with Crippen molar-refractivity contribution in [3.05, 3.63) is 35.9 Å². The van der Waals surface area contributed by atoms with Crippen LogP contribution in [0.25, 0.3) is 0 Å². The molecule has 2 nitrogen and oxygen atoms in total. The van der Waals surface area contributed by atoms with Gasteiger partial charge in [0.25, 0.3) is 0 Å². The third-order valence-corrected chi connectivity index (χ3v) is 3.06. The van der Waals surface area contributed by atoms with Crippen molar-refractivity contribution in [1.29, 1.82) is 0 Å². The highest BCUT2D eigenvalue weighted by Crippen LogP contribution is 2.20. The van der Waals surface area contributed by atoms with E-state index >= 15 is 0 Å². The maximum Gasteiger partial charge on any atom is 0.223 e. The standard InChI is InChI=1S/C13H17NO/c1-11-6-5-9-13(15)14(11)10-12-7-3-2-4-8-12/h2-4,7-8,11H,5-6,9-10H2,1H3. The van der Waals surface area contributed by atoms with Crippen molar-refractivity contribution in [3.63, 3.8) is 0 Å². The fourth-order valence-electron chi connectivity index (χ4n) is 2.12. The summed E-state index contributed by atoms with van der Waals surface area (Å²) < 4.78 is 0. The summed E-state index contributed by atoms with van der Waals surface area (Å²) in [5.41, 5.74) is 1.22. The zero-order chi connectivity index (χ0) is 10.7. The third kappa shape index (κ3) is 2.38. The van der Waals surface area contributed by atoms with Gasteiger partial charge in [0, 0.05) is 19.0 Å². The molecule has 1 heterocycles. The van der Waals surface area contributed by atoms with Crippen molar-refractivity contribution in [2.75, 3.05) is 0 Å². The van der Waals surface area contributed by atoms with Crippen LogP contribution in [0.15, 0.2) is 30.3 Å². The maximum absolute atomic E-state index is 11.7. The second-order valence-corrected chi connectivity index (χ2v) is 4.25. The number of carbonyl (C=O) groups is 1. The molecule has 1 unspecified atom stereocenters. The molecular formula is C13H17NO. The lowest BCUT2D eigenvalue weighted by Crippen LogP contribution is -2.41. The molecule has 80 valence electrons. The first-order chi connectivity index (χ1) is 7.27. The molecule has 1 aliphatic heterocycles. The molecule has 1 aromatic carbocycles. The number of amides is 1. The number of hydrogen-bond donors (Lipinski definition) is 0. The quantitative estimate of drug-likeness (QED) is 0.723. The Balaban J connectivity index is 2.07. The lowest BCUT2D eigenvalue weighted by Gasteiger charge is -2.33. The van der Waals surface area contributed by atoms with Gasteiger partial charge in [0.1, 0.15) is 0 Å². The Labute approximate surface area is 90.9 Å². The monoisotopic (exact) mass is 203 g/mol. The largest absolute Gasteiger partial charge is 0.336 e. The van der Waals surface area contributed by atoms with Crippen molar-refractivity contribution >= 4 is 5.91 Å². The molecule has 0 aromatic heterocycles. The van der Waals surface area contributed by atoms with Crippen molar-refractivity contribution < 1.29 is 4.79 Å². The van der Waals surface area contributed by atoms with E-state index in [1.54, 1.807) is 0 Å². The first kappa shape index (κ1) is 10.2.